The number of aliphatic hydroxyl groups is 2. The first-order chi connectivity index (χ1) is 7.15. The van der Waals surface area contributed by atoms with Gasteiger partial charge in [0.25, 0.3) is 0 Å². The van der Waals surface area contributed by atoms with Gasteiger partial charge in [-0.3, -0.25) is 0 Å². The average Bonchev–Trinajstić information content (AvgIpc) is 2.70. The molecule has 7 heteroatoms. The van der Waals surface area contributed by atoms with Crippen LogP contribution in [0.25, 0.3) is 0 Å². The van der Waals surface area contributed by atoms with E-state index in [4.69, 9.17) is 30.8 Å². The minimum absolute atomic E-state index is 0.216. The zero-order valence-corrected chi connectivity index (χ0v) is 10.9. The molecule has 15 heavy (non-hydrogen) atoms. The summed E-state index contributed by atoms with van der Waals surface area (Å²) in [7, 11) is 0. The van der Waals surface area contributed by atoms with Crippen molar-refractivity contribution in [3.63, 3.8) is 0 Å². The van der Waals surface area contributed by atoms with Crippen molar-refractivity contribution in [2.75, 3.05) is 26.4 Å². The molecule has 86 valence electrons. The molecule has 2 aliphatic heterocycles. The molecule has 4 nitrogen and oxygen atoms in total. The predicted molar refractivity (Wildman–Crippen MR) is 57.6 cm³/mol. The summed E-state index contributed by atoms with van der Waals surface area (Å²) >= 11 is 8.79. The Morgan fingerprint density at radius 3 is 1.73 bits per heavy atom. The van der Waals surface area contributed by atoms with E-state index in [0.717, 1.165) is 0 Å². The third-order valence-electron chi connectivity index (χ3n) is 2.24. The van der Waals surface area contributed by atoms with Crippen LogP contribution in [0, 0.1) is 0 Å². The van der Waals surface area contributed by atoms with Gasteiger partial charge in [0, 0.05) is 0 Å². The zero-order chi connectivity index (χ0) is 11.1. The normalized spacial score (nSPS) is 26.9. The second kappa shape index (κ2) is 4.35. The summed E-state index contributed by atoms with van der Waals surface area (Å²) in [5.41, 5.74) is 0. The fourth-order valence-corrected chi connectivity index (χ4v) is 8.44. The third kappa shape index (κ3) is 1.68. The molecule has 0 radical (unpaired) electrons. The predicted octanol–water partition coefficient (Wildman–Crippen LogP) is 0.538. The second-order valence-corrected chi connectivity index (χ2v) is 9.08. The summed E-state index contributed by atoms with van der Waals surface area (Å²) in [5, 5.41) is 19.4. The quantitative estimate of drug-likeness (QED) is 0.729. The van der Waals surface area contributed by atoms with Gasteiger partial charge in [0.2, 0.25) is 0 Å². The molecule has 0 aromatic rings. The molecule has 0 saturated carbocycles. The van der Waals surface area contributed by atoms with Crippen LogP contribution >= 0.6 is 23.2 Å². The van der Waals surface area contributed by atoms with Crippen LogP contribution in [0.3, 0.4) is 0 Å². The van der Waals surface area contributed by atoms with Gasteiger partial charge in [0.05, 0.1) is 0 Å². The van der Waals surface area contributed by atoms with Crippen molar-refractivity contribution in [2.24, 2.45) is 0 Å². The van der Waals surface area contributed by atoms with Gasteiger partial charge in [0.15, 0.2) is 0 Å². The van der Waals surface area contributed by atoms with Crippen molar-refractivity contribution in [1.82, 2.24) is 0 Å². The maximum absolute atomic E-state index is 9.25. The first-order valence-corrected chi connectivity index (χ1v) is 8.11. The van der Waals surface area contributed by atoms with Crippen LogP contribution in [0.2, 0.25) is 0 Å². The van der Waals surface area contributed by atoms with Gasteiger partial charge in [0.1, 0.15) is 0 Å². The van der Waals surface area contributed by atoms with E-state index < -0.39 is 13.5 Å². The number of halogens is 2. The van der Waals surface area contributed by atoms with Crippen LogP contribution in [0.15, 0.2) is 19.0 Å². The Morgan fingerprint density at radius 1 is 1.00 bits per heavy atom. The van der Waals surface area contributed by atoms with Gasteiger partial charge >= 0.3 is 100.0 Å². The number of aliphatic hydroxyl groups excluding tert-OH is 2. The molecular formula is C8H10Cl2O4Se. The Balaban J connectivity index is 2.45. The summed E-state index contributed by atoms with van der Waals surface area (Å²) in [5.74, 6) is 0. The molecule has 1 spiro atoms. The van der Waals surface area contributed by atoms with Crippen LogP contribution in [0.4, 0.5) is 0 Å². The molecule has 2 rings (SSSR count). The first kappa shape index (κ1) is 11.9. The Kier molecular flexibility index (Phi) is 3.45. The molecule has 0 fully saturated rings. The second-order valence-electron chi connectivity index (χ2n) is 3.00. The van der Waals surface area contributed by atoms with Crippen LogP contribution in [0.5, 0.6) is 0 Å². The van der Waals surface area contributed by atoms with Crippen LogP contribution < -0.4 is 0 Å². The molecule has 0 atom stereocenters. The number of hydrogen-bond donors (Lipinski definition) is 2. The van der Waals surface area contributed by atoms with Gasteiger partial charge in [-0.1, -0.05) is 0 Å². The van der Waals surface area contributed by atoms with E-state index in [1.807, 2.05) is 0 Å². The van der Waals surface area contributed by atoms with E-state index in [2.05, 4.69) is 0 Å². The number of rotatable bonds is 2. The van der Waals surface area contributed by atoms with Gasteiger partial charge in [-0.2, -0.15) is 0 Å². The fourth-order valence-electron chi connectivity index (χ4n) is 1.53. The zero-order valence-electron chi connectivity index (χ0n) is 7.70. The van der Waals surface area contributed by atoms with E-state index in [0.29, 0.717) is 19.0 Å². The van der Waals surface area contributed by atoms with E-state index >= 15 is 0 Å². The molecule has 0 aliphatic carbocycles. The Morgan fingerprint density at radius 2 is 1.40 bits per heavy atom. The van der Waals surface area contributed by atoms with Gasteiger partial charge in [-0.15, -0.1) is 0 Å². The van der Waals surface area contributed by atoms with E-state index in [1.165, 1.54) is 0 Å². The van der Waals surface area contributed by atoms with Gasteiger partial charge < -0.3 is 0 Å². The van der Waals surface area contributed by atoms with Crippen molar-refractivity contribution in [3.05, 3.63) is 19.0 Å². The summed E-state index contributed by atoms with van der Waals surface area (Å²) in [6.45, 7) is 0.0231. The average molecular weight is 320 g/mol. The number of hydrogen-bond acceptors (Lipinski definition) is 4. The Labute approximate surface area is 100.0 Å². The van der Waals surface area contributed by atoms with Crippen molar-refractivity contribution in [3.8, 4) is 0 Å². The topological polar surface area (TPSA) is 58.9 Å². The molecule has 0 amide bonds. The van der Waals surface area contributed by atoms with Crippen LogP contribution in [0.1, 0.15) is 0 Å². The van der Waals surface area contributed by atoms with Crippen LogP contribution in [-0.2, 0) is 7.64 Å². The van der Waals surface area contributed by atoms with Gasteiger partial charge in [-0.25, -0.2) is 0 Å². The summed E-state index contributed by atoms with van der Waals surface area (Å²) in [6, 6.07) is 0. The molecule has 2 aliphatic rings. The van der Waals surface area contributed by atoms with Crippen molar-refractivity contribution in [1.29, 1.82) is 0 Å². The molecule has 0 aromatic heterocycles. The minimum atomic E-state index is -3.06. The van der Waals surface area contributed by atoms with E-state index in [-0.39, 0.29) is 26.4 Å². The van der Waals surface area contributed by atoms with Crippen molar-refractivity contribution >= 4 is 36.7 Å². The molecule has 2 N–H and O–H groups in total. The molecule has 0 unspecified atom stereocenters. The summed E-state index contributed by atoms with van der Waals surface area (Å²) in [6.07, 6.45) is 0. The maximum atomic E-state index is 9.25. The van der Waals surface area contributed by atoms with Gasteiger partial charge in [-0.05, 0) is 0 Å². The van der Waals surface area contributed by atoms with E-state index in [9.17, 15) is 10.2 Å². The SMILES string of the molecule is OCC1=C(Cl)CO[Se]12OCC(Cl)=C2CO. The Hall–Kier alpha value is 0.419. The fraction of sp³-hybridized carbons (Fsp3) is 0.500. The molecule has 0 aromatic carbocycles. The Bertz CT molecular complexity index is 319. The van der Waals surface area contributed by atoms with Crippen molar-refractivity contribution in [2.45, 2.75) is 0 Å². The van der Waals surface area contributed by atoms with E-state index in [1.54, 1.807) is 0 Å². The van der Waals surface area contributed by atoms with Crippen molar-refractivity contribution < 1.29 is 17.9 Å². The summed E-state index contributed by atoms with van der Waals surface area (Å²) in [4.78, 5) is 0. The van der Waals surface area contributed by atoms with Crippen LogP contribution in [-0.4, -0.2) is 50.1 Å². The standard InChI is InChI=1S/C8H10Cl2O4Se/c9-5-3-13-15(7(5)1-11)8(2-12)6(10)4-14-15/h11-12H,1-4H2. The third-order valence-corrected chi connectivity index (χ3v) is 9.61. The molecule has 2 heterocycles. The molecule has 0 saturated heterocycles. The molecular weight excluding hydrogens is 310 g/mol. The first-order valence-electron chi connectivity index (χ1n) is 4.24. The molecule has 0 bridgehead atoms. The summed E-state index contributed by atoms with van der Waals surface area (Å²) < 4.78 is 12.3. The monoisotopic (exact) mass is 320 g/mol.